The van der Waals surface area contributed by atoms with Gasteiger partial charge in [0.2, 0.25) is 0 Å². The molecule has 8 nitrogen and oxygen atoms in total. The van der Waals surface area contributed by atoms with Crippen molar-refractivity contribution in [2.75, 3.05) is 12.3 Å². The molecule has 210 valence electrons. The molecule has 3 heterocycles. The van der Waals surface area contributed by atoms with Crippen LogP contribution >= 0.6 is 11.8 Å². The average molecular weight is 572 g/mol. The highest BCUT2D eigenvalue weighted by molar-refractivity contribution is 8.00. The summed E-state index contributed by atoms with van der Waals surface area (Å²) >= 11 is 1.54. The molecule has 0 saturated carbocycles. The predicted octanol–water partition coefficient (Wildman–Crippen LogP) is 6.56. The lowest BCUT2D eigenvalue weighted by Crippen LogP contribution is -2.50. The first-order valence-electron chi connectivity index (χ1n) is 13.0. The van der Waals surface area contributed by atoms with Gasteiger partial charge >= 0.3 is 0 Å². The second kappa shape index (κ2) is 10.5. The maximum absolute atomic E-state index is 16.4. The summed E-state index contributed by atoms with van der Waals surface area (Å²) in [4.78, 5) is 8.57. The van der Waals surface area contributed by atoms with E-state index in [9.17, 15) is 0 Å². The van der Waals surface area contributed by atoms with Crippen LogP contribution in [0.5, 0.6) is 0 Å². The summed E-state index contributed by atoms with van der Waals surface area (Å²) in [6.45, 7) is 26.0. The third kappa shape index (κ3) is 6.24. The van der Waals surface area contributed by atoms with Gasteiger partial charge in [-0.3, -0.25) is 0 Å². The van der Waals surface area contributed by atoms with E-state index in [0.717, 1.165) is 0 Å². The number of ether oxygens (including phenoxy) is 1. The van der Waals surface area contributed by atoms with Crippen LogP contribution in [0.15, 0.2) is 11.4 Å². The largest absolute Gasteiger partial charge is 0.414 e. The van der Waals surface area contributed by atoms with Gasteiger partial charge in [0, 0.05) is 5.25 Å². The molecule has 0 spiro atoms. The van der Waals surface area contributed by atoms with Gasteiger partial charge in [-0.15, -0.1) is 11.8 Å². The van der Waals surface area contributed by atoms with Crippen LogP contribution in [0.3, 0.4) is 0 Å². The minimum Gasteiger partial charge on any atom is -0.414 e. The molecule has 1 aliphatic rings. The Balaban J connectivity index is 2.03. The lowest BCUT2D eigenvalue weighted by Gasteiger charge is -2.40. The highest BCUT2D eigenvalue weighted by Crippen LogP contribution is 2.44. The molecular weight excluding hydrogens is 526 g/mol. The molecule has 1 aliphatic heterocycles. The molecule has 37 heavy (non-hydrogen) atoms. The molecule has 2 N–H and O–H groups in total. The number of nitrogens with two attached hydrogens (primary N) is 1. The van der Waals surface area contributed by atoms with Crippen LogP contribution in [0.1, 0.15) is 61.6 Å². The van der Waals surface area contributed by atoms with E-state index in [0.29, 0.717) is 21.9 Å². The quantitative estimate of drug-likeness (QED) is 0.281. The molecule has 0 bridgehead atoms. The molecule has 1 saturated heterocycles. The minimum atomic E-state index is -2.32. The maximum Gasteiger partial charge on any atom is 0.192 e. The lowest BCUT2D eigenvalue weighted by atomic mass is 10.1. The first-order valence-corrected chi connectivity index (χ1v) is 19.7. The van der Waals surface area contributed by atoms with E-state index in [4.69, 9.17) is 24.4 Å². The molecule has 1 fully saturated rings. The van der Waals surface area contributed by atoms with Gasteiger partial charge in [0.25, 0.3) is 0 Å². The van der Waals surface area contributed by atoms with E-state index in [2.05, 4.69) is 91.5 Å². The van der Waals surface area contributed by atoms with Crippen LogP contribution in [0.2, 0.25) is 36.3 Å². The number of aromatic nitrogens is 4. The fourth-order valence-electron chi connectivity index (χ4n) is 3.64. The fraction of sp³-hybridized carbons (Fsp3) is 0.800. The van der Waals surface area contributed by atoms with Crippen molar-refractivity contribution in [2.24, 2.45) is 0 Å². The molecule has 2 aromatic heterocycles. The predicted molar refractivity (Wildman–Crippen MR) is 155 cm³/mol. The highest BCUT2D eigenvalue weighted by Gasteiger charge is 2.53. The molecule has 12 heteroatoms. The van der Waals surface area contributed by atoms with Gasteiger partial charge in [0.1, 0.15) is 29.4 Å². The Hall–Kier alpha value is -1.06. The Labute approximate surface area is 227 Å². The number of anilines is 1. The van der Waals surface area contributed by atoms with Crippen LogP contribution < -0.4 is 5.73 Å². The van der Waals surface area contributed by atoms with Crippen LogP contribution in [0.25, 0.3) is 11.0 Å². The molecule has 0 aliphatic carbocycles. The van der Waals surface area contributed by atoms with Gasteiger partial charge < -0.3 is 19.3 Å². The summed E-state index contributed by atoms with van der Waals surface area (Å²) in [7, 11) is -4.41. The standard InChI is InChI=1S/C25H46FN5O3SSi2/c1-15(2)35-22-17-20(27)28-14-29-21(17)31(30-22)23-18(26)19(34-37(11,12)25(6,7)8)16(33-23)13-32-36(9,10)24(3,4)5/h14-16,18-19,23H,13H2,1-12H3,(H2,27,28,29)/t16-,18+,19?,23-/m1/s1. The van der Waals surface area contributed by atoms with E-state index in [1.54, 1.807) is 11.8 Å². The summed E-state index contributed by atoms with van der Waals surface area (Å²) in [5.74, 6) is 0.319. The Kier molecular flexibility index (Phi) is 8.65. The van der Waals surface area contributed by atoms with Crippen molar-refractivity contribution >= 4 is 45.2 Å². The van der Waals surface area contributed by atoms with E-state index in [1.807, 2.05) is 0 Å². The number of thioether (sulfide) groups is 1. The second-order valence-corrected chi connectivity index (χ2v) is 24.4. The molecule has 4 atom stereocenters. The summed E-state index contributed by atoms with van der Waals surface area (Å²) in [6, 6.07) is 0. The summed E-state index contributed by atoms with van der Waals surface area (Å²) in [6.07, 6.45) is -2.46. The van der Waals surface area contributed by atoms with Crippen LogP contribution in [0.4, 0.5) is 10.2 Å². The fourth-order valence-corrected chi connectivity index (χ4v) is 6.86. The summed E-state index contributed by atoms with van der Waals surface area (Å²) < 4.78 is 37.6. The van der Waals surface area contributed by atoms with Crippen molar-refractivity contribution < 1.29 is 18.0 Å². The van der Waals surface area contributed by atoms with Crippen molar-refractivity contribution in [3.05, 3.63) is 6.33 Å². The van der Waals surface area contributed by atoms with Gasteiger partial charge in [-0.2, -0.15) is 5.10 Å². The highest BCUT2D eigenvalue weighted by atomic mass is 32.2. The number of halogens is 1. The van der Waals surface area contributed by atoms with E-state index in [-0.39, 0.29) is 21.9 Å². The summed E-state index contributed by atoms with van der Waals surface area (Å²) in [5.41, 5.74) is 6.67. The van der Waals surface area contributed by atoms with Crippen molar-refractivity contribution in [1.29, 1.82) is 0 Å². The minimum absolute atomic E-state index is 0.0194. The normalized spacial score (nSPS) is 23.9. The Morgan fingerprint density at radius 3 is 2.22 bits per heavy atom. The number of alkyl halides is 1. The van der Waals surface area contributed by atoms with Crippen LogP contribution in [0, 0.1) is 0 Å². The first kappa shape index (κ1) is 30.5. The molecule has 1 unspecified atom stereocenters. The van der Waals surface area contributed by atoms with Crippen LogP contribution in [-0.2, 0) is 13.6 Å². The van der Waals surface area contributed by atoms with Crippen molar-refractivity contribution in [3.8, 4) is 0 Å². The lowest BCUT2D eigenvalue weighted by molar-refractivity contribution is -0.0474. The van der Waals surface area contributed by atoms with Gasteiger partial charge in [-0.25, -0.2) is 19.0 Å². The molecule has 0 radical (unpaired) electrons. The number of hydrogen-bond donors (Lipinski definition) is 1. The van der Waals surface area contributed by atoms with Crippen molar-refractivity contribution in [3.63, 3.8) is 0 Å². The van der Waals surface area contributed by atoms with Gasteiger partial charge in [-0.05, 0) is 36.3 Å². The zero-order chi connectivity index (χ0) is 28.1. The number of nitrogen functional groups attached to an aromatic ring is 1. The monoisotopic (exact) mass is 571 g/mol. The molecular formula is C25H46FN5O3SSi2. The first-order chi connectivity index (χ1) is 16.8. The topological polar surface area (TPSA) is 97.3 Å². The molecule has 2 aromatic rings. The number of fused-ring (bicyclic) bond motifs is 1. The number of nitrogens with zero attached hydrogens (tertiary/aromatic N) is 4. The number of hydrogen-bond acceptors (Lipinski definition) is 8. The Bertz CT molecular complexity index is 1100. The molecule has 0 aromatic carbocycles. The van der Waals surface area contributed by atoms with Crippen molar-refractivity contribution in [2.45, 2.75) is 127 Å². The van der Waals surface area contributed by atoms with Crippen molar-refractivity contribution in [1.82, 2.24) is 19.7 Å². The molecule has 0 amide bonds. The third-order valence-electron chi connectivity index (χ3n) is 7.99. The third-order valence-corrected chi connectivity index (χ3v) is 17.9. The maximum atomic E-state index is 16.4. The SMILES string of the molecule is CC(C)Sc1nn([C@@H]2O[C@H](CO[Si](C)(C)C(C)(C)C)C(O[Si](C)(C)C(C)(C)C)[C@@H]2F)c2ncnc(N)c12. The Morgan fingerprint density at radius 1 is 1.08 bits per heavy atom. The van der Waals surface area contributed by atoms with E-state index >= 15 is 4.39 Å². The smallest absolute Gasteiger partial charge is 0.192 e. The average Bonchev–Trinajstić information content (AvgIpc) is 3.23. The van der Waals surface area contributed by atoms with Gasteiger partial charge in [0.15, 0.2) is 34.7 Å². The zero-order valence-corrected chi connectivity index (χ0v) is 27.4. The van der Waals surface area contributed by atoms with Gasteiger partial charge in [-0.1, -0.05) is 55.4 Å². The zero-order valence-electron chi connectivity index (χ0n) is 24.5. The van der Waals surface area contributed by atoms with Crippen LogP contribution in [-0.4, -0.2) is 66.6 Å². The van der Waals surface area contributed by atoms with E-state index < -0.39 is 41.2 Å². The summed E-state index contributed by atoms with van der Waals surface area (Å²) in [5, 5.41) is 6.21. The van der Waals surface area contributed by atoms with E-state index in [1.165, 1.54) is 11.0 Å². The molecule has 3 rings (SSSR count). The number of rotatable bonds is 8. The Morgan fingerprint density at radius 2 is 1.68 bits per heavy atom. The second-order valence-electron chi connectivity index (χ2n) is 13.3. The van der Waals surface area contributed by atoms with Gasteiger partial charge in [0.05, 0.1) is 12.0 Å².